The highest BCUT2D eigenvalue weighted by atomic mass is 16.2. The molecule has 1 amide bonds. The number of nitrogens with zero attached hydrogens (tertiary/aromatic N) is 1. The number of amides is 1. The van der Waals surface area contributed by atoms with E-state index in [9.17, 15) is 4.79 Å². The van der Waals surface area contributed by atoms with E-state index >= 15 is 0 Å². The molecule has 3 heteroatoms. The average Bonchev–Trinajstić information content (AvgIpc) is 2.38. The van der Waals surface area contributed by atoms with E-state index in [-0.39, 0.29) is 5.91 Å². The van der Waals surface area contributed by atoms with Crippen molar-refractivity contribution in [2.75, 3.05) is 12.8 Å². The fourth-order valence-corrected chi connectivity index (χ4v) is 3.14. The Hall–Kier alpha value is -1.51. The molecule has 1 aromatic rings. The first-order valence-electron chi connectivity index (χ1n) is 7.14. The quantitative estimate of drug-likeness (QED) is 0.830. The van der Waals surface area contributed by atoms with Crippen LogP contribution in [0.5, 0.6) is 0 Å². The minimum Gasteiger partial charge on any atom is -0.399 e. The van der Waals surface area contributed by atoms with Crippen molar-refractivity contribution in [1.82, 2.24) is 4.90 Å². The van der Waals surface area contributed by atoms with E-state index < -0.39 is 0 Å². The van der Waals surface area contributed by atoms with Gasteiger partial charge in [0, 0.05) is 24.3 Å². The van der Waals surface area contributed by atoms with Crippen LogP contribution in [-0.2, 0) is 0 Å². The third kappa shape index (κ3) is 2.91. The smallest absolute Gasteiger partial charge is 0.254 e. The lowest BCUT2D eigenvalue weighted by molar-refractivity contribution is 0.0628. The number of hydrogen-bond acceptors (Lipinski definition) is 2. The van der Waals surface area contributed by atoms with Gasteiger partial charge in [0.15, 0.2) is 0 Å². The van der Waals surface area contributed by atoms with Gasteiger partial charge in [-0.05, 0) is 49.4 Å². The van der Waals surface area contributed by atoms with Crippen LogP contribution in [-0.4, -0.2) is 23.9 Å². The van der Waals surface area contributed by atoms with E-state index in [4.69, 9.17) is 5.73 Å². The Morgan fingerprint density at radius 2 is 2.00 bits per heavy atom. The number of carbonyl (C=O) groups is 1. The maximum atomic E-state index is 12.6. The zero-order valence-electron chi connectivity index (χ0n) is 12.1. The van der Waals surface area contributed by atoms with Gasteiger partial charge in [0.05, 0.1) is 0 Å². The van der Waals surface area contributed by atoms with E-state index in [2.05, 4.69) is 6.92 Å². The van der Waals surface area contributed by atoms with E-state index in [1.165, 1.54) is 19.3 Å². The molecule has 1 saturated carbocycles. The number of rotatable bonds is 2. The lowest BCUT2D eigenvalue weighted by Gasteiger charge is -2.36. The van der Waals surface area contributed by atoms with Crippen molar-refractivity contribution in [2.24, 2.45) is 5.92 Å². The van der Waals surface area contributed by atoms with Crippen LogP contribution in [0.4, 0.5) is 5.69 Å². The number of nitrogens with two attached hydrogens (primary N) is 1. The number of hydrogen-bond donors (Lipinski definition) is 1. The summed E-state index contributed by atoms with van der Waals surface area (Å²) >= 11 is 0. The highest BCUT2D eigenvalue weighted by Crippen LogP contribution is 2.28. The summed E-state index contributed by atoms with van der Waals surface area (Å²) in [5, 5.41) is 0. The van der Waals surface area contributed by atoms with E-state index in [0.29, 0.717) is 17.6 Å². The lowest BCUT2D eigenvalue weighted by Crippen LogP contribution is -2.42. The Kier molecular flexibility index (Phi) is 4.13. The Morgan fingerprint density at radius 1 is 1.32 bits per heavy atom. The van der Waals surface area contributed by atoms with E-state index in [1.54, 1.807) is 6.07 Å². The van der Waals surface area contributed by atoms with Crippen molar-refractivity contribution in [3.05, 3.63) is 29.3 Å². The van der Waals surface area contributed by atoms with Gasteiger partial charge in [-0.25, -0.2) is 0 Å². The van der Waals surface area contributed by atoms with Gasteiger partial charge >= 0.3 is 0 Å². The van der Waals surface area contributed by atoms with Crippen molar-refractivity contribution < 1.29 is 4.79 Å². The SMILES string of the molecule is Cc1cc(N)ccc1C(=O)N(C)C1CCCCC1C. The minimum atomic E-state index is 0.122. The molecule has 3 nitrogen and oxygen atoms in total. The molecule has 1 aliphatic rings. The molecule has 0 aromatic heterocycles. The van der Waals surface area contributed by atoms with Crippen LogP contribution >= 0.6 is 0 Å². The van der Waals surface area contributed by atoms with Crippen LogP contribution in [0.25, 0.3) is 0 Å². The third-order valence-corrected chi connectivity index (χ3v) is 4.36. The summed E-state index contributed by atoms with van der Waals surface area (Å²) in [6, 6.07) is 5.89. The fourth-order valence-electron chi connectivity index (χ4n) is 3.14. The fraction of sp³-hybridized carbons (Fsp3) is 0.562. The van der Waals surface area contributed by atoms with Crippen molar-refractivity contribution in [2.45, 2.75) is 45.6 Å². The van der Waals surface area contributed by atoms with Gasteiger partial charge in [-0.15, -0.1) is 0 Å². The highest BCUT2D eigenvalue weighted by Gasteiger charge is 2.28. The molecule has 0 spiro atoms. The first kappa shape index (κ1) is 13.9. The van der Waals surface area contributed by atoms with Crippen LogP contribution in [0.1, 0.15) is 48.5 Å². The summed E-state index contributed by atoms with van der Waals surface area (Å²) in [6.07, 6.45) is 4.87. The molecular formula is C16H24N2O. The summed E-state index contributed by atoms with van der Waals surface area (Å²) in [7, 11) is 1.94. The van der Waals surface area contributed by atoms with Gasteiger partial charge < -0.3 is 10.6 Å². The molecule has 0 saturated heterocycles. The molecule has 1 aliphatic carbocycles. The largest absolute Gasteiger partial charge is 0.399 e. The van der Waals surface area contributed by atoms with Crippen molar-refractivity contribution in [1.29, 1.82) is 0 Å². The van der Waals surface area contributed by atoms with Crippen LogP contribution < -0.4 is 5.73 Å². The predicted octanol–water partition coefficient (Wildman–Crippen LogP) is 3.23. The second-order valence-electron chi connectivity index (χ2n) is 5.82. The number of anilines is 1. The third-order valence-electron chi connectivity index (χ3n) is 4.36. The molecule has 2 unspecified atom stereocenters. The van der Waals surface area contributed by atoms with Gasteiger partial charge in [0.2, 0.25) is 0 Å². The van der Waals surface area contributed by atoms with Crippen LogP contribution in [0.3, 0.4) is 0 Å². The number of benzene rings is 1. The summed E-state index contributed by atoms with van der Waals surface area (Å²) in [6.45, 7) is 4.20. The highest BCUT2D eigenvalue weighted by molar-refractivity contribution is 5.96. The lowest BCUT2D eigenvalue weighted by atomic mass is 9.85. The van der Waals surface area contributed by atoms with Gasteiger partial charge in [-0.2, -0.15) is 0 Å². The molecule has 0 aliphatic heterocycles. The van der Waals surface area contributed by atoms with Crippen LogP contribution in [0.2, 0.25) is 0 Å². The Morgan fingerprint density at radius 3 is 2.63 bits per heavy atom. The van der Waals surface area contributed by atoms with Crippen LogP contribution in [0.15, 0.2) is 18.2 Å². The second-order valence-corrected chi connectivity index (χ2v) is 5.82. The maximum Gasteiger partial charge on any atom is 0.254 e. The summed E-state index contributed by atoms with van der Waals surface area (Å²) < 4.78 is 0. The van der Waals surface area contributed by atoms with E-state index in [1.807, 2.05) is 31.0 Å². The van der Waals surface area contributed by atoms with Crippen molar-refractivity contribution >= 4 is 11.6 Å². The number of aryl methyl sites for hydroxylation is 1. The molecule has 2 N–H and O–H groups in total. The standard InChI is InChI=1S/C16H24N2O/c1-11-6-4-5-7-15(11)18(3)16(19)14-9-8-13(17)10-12(14)2/h8-11,15H,4-7,17H2,1-3H3. The maximum absolute atomic E-state index is 12.6. The number of nitrogen functional groups attached to an aromatic ring is 1. The number of carbonyl (C=O) groups excluding carboxylic acids is 1. The molecule has 1 aromatic carbocycles. The summed E-state index contributed by atoms with van der Waals surface area (Å²) in [5.74, 6) is 0.716. The molecule has 1 fully saturated rings. The van der Waals surface area contributed by atoms with Gasteiger partial charge in [-0.1, -0.05) is 19.8 Å². The summed E-state index contributed by atoms with van der Waals surface area (Å²) in [5.41, 5.74) is 8.19. The average molecular weight is 260 g/mol. The first-order chi connectivity index (χ1) is 9.00. The van der Waals surface area contributed by atoms with Crippen LogP contribution in [0, 0.1) is 12.8 Å². The Balaban J connectivity index is 2.18. The minimum absolute atomic E-state index is 0.122. The Labute approximate surface area is 115 Å². The van der Waals surface area contributed by atoms with Crippen molar-refractivity contribution in [3.8, 4) is 0 Å². The van der Waals surface area contributed by atoms with E-state index in [0.717, 1.165) is 17.5 Å². The van der Waals surface area contributed by atoms with Crippen molar-refractivity contribution in [3.63, 3.8) is 0 Å². The van der Waals surface area contributed by atoms with Gasteiger partial charge in [0.1, 0.15) is 0 Å². The predicted molar refractivity (Wildman–Crippen MR) is 79.1 cm³/mol. The first-order valence-corrected chi connectivity index (χ1v) is 7.14. The molecule has 104 valence electrons. The Bertz CT molecular complexity index is 470. The molecule has 0 radical (unpaired) electrons. The molecule has 19 heavy (non-hydrogen) atoms. The monoisotopic (exact) mass is 260 g/mol. The molecular weight excluding hydrogens is 236 g/mol. The molecule has 2 atom stereocenters. The molecule has 2 rings (SSSR count). The van der Waals surface area contributed by atoms with Gasteiger partial charge in [0.25, 0.3) is 5.91 Å². The molecule has 0 bridgehead atoms. The summed E-state index contributed by atoms with van der Waals surface area (Å²) in [4.78, 5) is 14.5. The van der Waals surface area contributed by atoms with Gasteiger partial charge in [-0.3, -0.25) is 4.79 Å². The zero-order chi connectivity index (χ0) is 14.0. The normalized spacial score (nSPS) is 23.1. The topological polar surface area (TPSA) is 46.3 Å². The molecule has 0 heterocycles. The zero-order valence-corrected chi connectivity index (χ0v) is 12.1. The second kappa shape index (κ2) is 5.64.